The van der Waals surface area contributed by atoms with Crippen LogP contribution in [0.5, 0.6) is 0 Å². The third kappa shape index (κ3) is 5.64. The van der Waals surface area contributed by atoms with Gasteiger partial charge in [0, 0.05) is 46.4 Å². The molecule has 5 rings (SSSR count). The van der Waals surface area contributed by atoms with Gasteiger partial charge in [-0.3, -0.25) is 14.4 Å². The Bertz CT molecular complexity index is 1470. The molecule has 0 atom stereocenters. The lowest BCUT2D eigenvalue weighted by Crippen LogP contribution is -2.17. The lowest BCUT2D eigenvalue weighted by Gasteiger charge is -2.10. The fourth-order valence-corrected chi connectivity index (χ4v) is 5.80. The Morgan fingerprint density at radius 2 is 1.59 bits per heavy atom. The molecule has 1 aliphatic rings. The second kappa shape index (κ2) is 11.5. The standard InChI is InChI=1S/C27H26N2O3S.C2H4O2/c1-2-29-23-11-9-18(26(30)22(28-32)14-17-6-3-4-7-17)15-20(23)21-16-19(10-12-24(21)29)27(31)25-8-5-13-33-25;1-2(3)4/h5,8-13,15-17,32H,2-4,6-7,14H2,1H3;1H3,(H,3,4)/b28-22+;. The molecule has 37 heavy (non-hydrogen) atoms. The summed E-state index contributed by atoms with van der Waals surface area (Å²) < 4.78 is 2.19. The van der Waals surface area contributed by atoms with Crippen LogP contribution < -0.4 is 0 Å². The molecule has 7 nitrogen and oxygen atoms in total. The summed E-state index contributed by atoms with van der Waals surface area (Å²) in [5, 5.41) is 24.1. The van der Waals surface area contributed by atoms with Gasteiger partial charge in [-0.15, -0.1) is 11.3 Å². The Balaban J connectivity index is 0.000000747. The summed E-state index contributed by atoms with van der Waals surface area (Å²) in [6, 6.07) is 15.2. The molecule has 2 heterocycles. The Hall–Kier alpha value is -3.78. The quantitative estimate of drug-likeness (QED) is 0.121. The molecule has 0 bridgehead atoms. The number of hydrogen-bond acceptors (Lipinski definition) is 6. The van der Waals surface area contributed by atoms with E-state index >= 15 is 0 Å². The molecule has 0 unspecified atom stereocenters. The number of carbonyl (C=O) groups is 3. The van der Waals surface area contributed by atoms with Crippen molar-refractivity contribution < 1.29 is 24.7 Å². The van der Waals surface area contributed by atoms with E-state index in [-0.39, 0.29) is 17.3 Å². The van der Waals surface area contributed by atoms with Crippen molar-refractivity contribution in [3.05, 3.63) is 69.9 Å². The molecule has 1 saturated carbocycles. The molecule has 1 fully saturated rings. The molecule has 2 N–H and O–H groups in total. The maximum Gasteiger partial charge on any atom is 0.300 e. The van der Waals surface area contributed by atoms with Gasteiger partial charge >= 0.3 is 0 Å². The van der Waals surface area contributed by atoms with E-state index in [2.05, 4.69) is 16.6 Å². The third-order valence-electron chi connectivity index (χ3n) is 6.79. The predicted octanol–water partition coefficient (Wildman–Crippen LogP) is 6.79. The number of ketones is 2. The minimum atomic E-state index is -0.833. The number of carboxylic acids is 1. The van der Waals surface area contributed by atoms with E-state index in [0.717, 1.165) is 48.1 Å². The fraction of sp³-hybridized carbons (Fsp3) is 0.310. The zero-order valence-electron chi connectivity index (χ0n) is 20.9. The Morgan fingerprint density at radius 3 is 2.14 bits per heavy atom. The highest BCUT2D eigenvalue weighted by atomic mass is 32.1. The second-order valence-electron chi connectivity index (χ2n) is 9.26. The van der Waals surface area contributed by atoms with Crippen molar-refractivity contribution in [1.82, 2.24) is 4.57 Å². The third-order valence-corrected chi connectivity index (χ3v) is 7.66. The summed E-state index contributed by atoms with van der Waals surface area (Å²) in [6.07, 6.45) is 5.02. The van der Waals surface area contributed by atoms with Gasteiger partial charge < -0.3 is 14.9 Å². The lowest BCUT2D eigenvalue weighted by atomic mass is 9.95. The van der Waals surface area contributed by atoms with Crippen molar-refractivity contribution in [2.45, 2.75) is 52.5 Å². The van der Waals surface area contributed by atoms with E-state index < -0.39 is 5.97 Å². The van der Waals surface area contributed by atoms with Crippen molar-refractivity contribution in [2.75, 3.05) is 0 Å². The first-order chi connectivity index (χ1) is 17.8. The number of nitrogens with zero attached hydrogens (tertiary/aromatic N) is 2. The van der Waals surface area contributed by atoms with Crippen LogP contribution in [-0.2, 0) is 11.3 Å². The molecule has 2 aromatic heterocycles. The number of carbonyl (C=O) groups excluding carboxylic acids is 2. The molecular weight excluding hydrogens is 488 g/mol. The fourth-order valence-electron chi connectivity index (χ4n) is 5.11. The molecular formula is C29H30N2O5S. The number of oxime groups is 1. The van der Waals surface area contributed by atoms with Crippen LogP contribution >= 0.6 is 11.3 Å². The van der Waals surface area contributed by atoms with E-state index in [1.807, 2.05) is 53.9 Å². The van der Waals surface area contributed by atoms with Crippen LogP contribution in [0.2, 0.25) is 0 Å². The van der Waals surface area contributed by atoms with Gasteiger partial charge in [-0.05, 0) is 67.1 Å². The largest absolute Gasteiger partial charge is 0.481 e. The summed E-state index contributed by atoms with van der Waals surface area (Å²) in [5.41, 5.74) is 3.42. The molecule has 0 aliphatic heterocycles. The first kappa shape index (κ1) is 26.3. The molecule has 8 heteroatoms. The topological polar surface area (TPSA) is 109 Å². The summed E-state index contributed by atoms with van der Waals surface area (Å²) >= 11 is 1.43. The van der Waals surface area contributed by atoms with E-state index in [1.165, 1.54) is 24.2 Å². The minimum Gasteiger partial charge on any atom is -0.481 e. The van der Waals surface area contributed by atoms with Crippen LogP contribution in [0.4, 0.5) is 0 Å². The molecule has 4 aromatic rings. The zero-order chi connectivity index (χ0) is 26.5. The molecule has 2 aromatic carbocycles. The van der Waals surface area contributed by atoms with Gasteiger partial charge in [0.15, 0.2) is 0 Å². The van der Waals surface area contributed by atoms with Crippen molar-refractivity contribution in [3.63, 3.8) is 0 Å². The smallest absolute Gasteiger partial charge is 0.300 e. The Labute approximate surface area is 219 Å². The predicted molar refractivity (Wildman–Crippen MR) is 146 cm³/mol. The van der Waals surface area contributed by atoms with Gasteiger partial charge in [-0.1, -0.05) is 36.9 Å². The van der Waals surface area contributed by atoms with Crippen LogP contribution in [0.3, 0.4) is 0 Å². The maximum absolute atomic E-state index is 13.2. The molecule has 192 valence electrons. The lowest BCUT2D eigenvalue weighted by molar-refractivity contribution is -0.134. The van der Waals surface area contributed by atoms with Crippen LogP contribution in [0.15, 0.2) is 59.1 Å². The average Bonchev–Trinajstić information content (AvgIpc) is 3.66. The highest BCUT2D eigenvalue weighted by Crippen LogP contribution is 2.33. The van der Waals surface area contributed by atoms with Gasteiger partial charge in [0.2, 0.25) is 11.6 Å². The van der Waals surface area contributed by atoms with Gasteiger partial charge in [-0.25, -0.2) is 0 Å². The molecule has 1 aliphatic carbocycles. The van der Waals surface area contributed by atoms with Crippen molar-refractivity contribution in [1.29, 1.82) is 0 Å². The highest BCUT2D eigenvalue weighted by Gasteiger charge is 2.24. The Morgan fingerprint density at radius 1 is 1.00 bits per heavy atom. The average molecular weight is 519 g/mol. The van der Waals surface area contributed by atoms with E-state index in [9.17, 15) is 14.8 Å². The minimum absolute atomic E-state index is 0.00259. The number of aromatic nitrogens is 1. The number of Topliss-reactive ketones (excluding diaryl/α,β-unsaturated/α-hetero) is 1. The number of fused-ring (bicyclic) bond motifs is 3. The van der Waals surface area contributed by atoms with Gasteiger partial charge in [-0.2, -0.15) is 0 Å². The van der Waals surface area contributed by atoms with Crippen LogP contribution in [0.1, 0.15) is 71.5 Å². The second-order valence-corrected chi connectivity index (χ2v) is 10.2. The van der Waals surface area contributed by atoms with E-state index in [1.54, 1.807) is 0 Å². The first-order valence-electron chi connectivity index (χ1n) is 12.4. The number of hydrogen-bond donors (Lipinski definition) is 2. The molecule has 0 radical (unpaired) electrons. The monoisotopic (exact) mass is 518 g/mol. The highest BCUT2D eigenvalue weighted by molar-refractivity contribution is 7.12. The number of benzene rings is 2. The van der Waals surface area contributed by atoms with Crippen LogP contribution in [-0.4, -0.2) is 38.1 Å². The van der Waals surface area contributed by atoms with Gasteiger partial charge in [0.25, 0.3) is 5.97 Å². The molecule has 0 spiro atoms. The SMILES string of the molecule is CC(=O)O.CCn1c2ccc(C(=O)/C(CC3CCCC3)=N/O)cc2c2cc(C(=O)c3cccs3)ccc21. The first-order valence-corrected chi connectivity index (χ1v) is 13.3. The molecule has 0 saturated heterocycles. The number of thiophene rings is 1. The normalized spacial score (nSPS) is 14.1. The summed E-state index contributed by atoms with van der Waals surface area (Å²) in [4.78, 5) is 35.8. The maximum atomic E-state index is 13.2. The van der Waals surface area contributed by atoms with Gasteiger partial charge in [0.1, 0.15) is 5.71 Å². The number of aryl methyl sites for hydroxylation is 1. The van der Waals surface area contributed by atoms with Crippen molar-refractivity contribution in [3.8, 4) is 0 Å². The summed E-state index contributed by atoms with van der Waals surface area (Å²) in [6.45, 7) is 3.94. The number of carboxylic acid groups (broad SMARTS) is 1. The summed E-state index contributed by atoms with van der Waals surface area (Å²) in [5.74, 6) is -0.645. The van der Waals surface area contributed by atoms with Crippen LogP contribution in [0.25, 0.3) is 21.8 Å². The number of aliphatic carboxylic acids is 1. The Kier molecular flexibility index (Phi) is 8.18. The summed E-state index contributed by atoms with van der Waals surface area (Å²) in [7, 11) is 0. The van der Waals surface area contributed by atoms with Crippen LogP contribution in [0, 0.1) is 5.92 Å². The van der Waals surface area contributed by atoms with Crippen molar-refractivity contribution >= 4 is 56.4 Å². The number of rotatable bonds is 7. The van der Waals surface area contributed by atoms with Crippen molar-refractivity contribution in [2.24, 2.45) is 11.1 Å². The van der Waals surface area contributed by atoms with Gasteiger partial charge in [0.05, 0.1) is 4.88 Å². The van der Waals surface area contributed by atoms with E-state index in [4.69, 9.17) is 9.90 Å². The zero-order valence-corrected chi connectivity index (χ0v) is 21.8. The molecule has 0 amide bonds. The van der Waals surface area contributed by atoms with E-state index in [0.29, 0.717) is 28.3 Å².